The highest BCUT2D eigenvalue weighted by molar-refractivity contribution is 5.84. The van der Waals surface area contributed by atoms with Gasteiger partial charge in [-0.1, -0.05) is 55.9 Å². The van der Waals surface area contributed by atoms with Crippen molar-refractivity contribution in [3.05, 3.63) is 60.1 Å². The lowest BCUT2D eigenvalue weighted by Crippen LogP contribution is -2.44. The highest BCUT2D eigenvalue weighted by Gasteiger charge is 2.33. The van der Waals surface area contributed by atoms with Crippen molar-refractivity contribution in [3.63, 3.8) is 0 Å². The lowest BCUT2D eigenvalue weighted by molar-refractivity contribution is -0.130. The zero-order valence-electron chi connectivity index (χ0n) is 12.6. The molecule has 1 saturated heterocycles. The molecule has 0 aromatic carbocycles. The summed E-state index contributed by atoms with van der Waals surface area (Å²) in [6.07, 6.45) is 11.0. The topological polar surface area (TPSA) is 38.3 Å². The summed E-state index contributed by atoms with van der Waals surface area (Å²) in [5.74, 6) is 0.235. The van der Waals surface area contributed by atoms with Crippen LogP contribution in [0.1, 0.15) is 27.7 Å². The molecule has 1 heterocycles. The van der Waals surface area contributed by atoms with Gasteiger partial charge in [0.25, 0.3) is 0 Å². The van der Waals surface area contributed by atoms with Crippen molar-refractivity contribution < 1.29 is 9.53 Å². The van der Waals surface area contributed by atoms with Crippen LogP contribution in [0, 0.1) is 5.92 Å². The Morgan fingerprint density at radius 2 is 2.15 bits per heavy atom. The standard InChI is InChI=1S/C15H17NO2.C2H6/c1-4-10(2)6-8-14-16-15(17)12-7-5-11(3)9-13(12)18-14;1-2/h4-9,12-13H,1H2,2-3H3,(H,16,17);1-2H3/b10-6-,14-8+;. The Morgan fingerprint density at radius 3 is 2.80 bits per heavy atom. The van der Waals surface area contributed by atoms with Crippen LogP contribution in [0.15, 0.2) is 60.1 Å². The van der Waals surface area contributed by atoms with Crippen molar-refractivity contribution in [2.75, 3.05) is 0 Å². The average Bonchev–Trinajstić information content (AvgIpc) is 2.46. The molecule has 0 saturated carbocycles. The maximum absolute atomic E-state index is 11.9. The molecule has 2 rings (SSSR count). The number of nitrogens with one attached hydrogen (secondary N) is 1. The Bertz CT molecular complexity index is 495. The molecule has 20 heavy (non-hydrogen) atoms. The maximum Gasteiger partial charge on any atom is 0.237 e. The Balaban J connectivity index is 0.000000956. The zero-order chi connectivity index (χ0) is 15.1. The summed E-state index contributed by atoms with van der Waals surface area (Å²) in [4.78, 5) is 11.9. The molecule has 2 unspecified atom stereocenters. The number of hydrogen-bond donors (Lipinski definition) is 1. The van der Waals surface area contributed by atoms with E-state index in [-0.39, 0.29) is 17.9 Å². The second-order valence-electron chi connectivity index (χ2n) is 4.51. The molecule has 1 amide bonds. The van der Waals surface area contributed by atoms with Gasteiger partial charge >= 0.3 is 0 Å². The van der Waals surface area contributed by atoms with Crippen molar-refractivity contribution in [2.24, 2.45) is 5.92 Å². The summed E-state index contributed by atoms with van der Waals surface area (Å²) in [5.41, 5.74) is 2.13. The van der Waals surface area contributed by atoms with Crippen LogP contribution in [-0.2, 0) is 9.53 Å². The zero-order valence-corrected chi connectivity index (χ0v) is 12.6. The molecule has 1 fully saturated rings. The van der Waals surface area contributed by atoms with E-state index in [1.54, 1.807) is 12.2 Å². The van der Waals surface area contributed by atoms with Crippen LogP contribution in [0.4, 0.5) is 0 Å². The van der Waals surface area contributed by atoms with Crippen molar-refractivity contribution in [2.45, 2.75) is 33.8 Å². The first-order chi connectivity index (χ1) is 9.60. The van der Waals surface area contributed by atoms with Crippen LogP contribution in [0.2, 0.25) is 0 Å². The quantitative estimate of drug-likeness (QED) is 0.780. The molecular weight excluding hydrogens is 250 g/mol. The minimum absolute atomic E-state index is 0.0258. The number of rotatable bonds is 2. The number of amides is 1. The number of allylic oxidation sites excluding steroid dienone is 6. The largest absolute Gasteiger partial charge is 0.470 e. The van der Waals surface area contributed by atoms with E-state index in [0.717, 1.165) is 11.1 Å². The minimum Gasteiger partial charge on any atom is -0.470 e. The van der Waals surface area contributed by atoms with Crippen molar-refractivity contribution in [1.82, 2.24) is 5.32 Å². The summed E-state index contributed by atoms with van der Waals surface area (Å²) < 4.78 is 5.75. The van der Waals surface area contributed by atoms with E-state index in [1.165, 1.54) is 0 Å². The van der Waals surface area contributed by atoms with Crippen LogP contribution in [0.5, 0.6) is 0 Å². The molecule has 0 spiro atoms. The molecular formula is C17H23NO2. The molecule has 1 aliphatic heterocycles. The molecule has 1 aliphatic carbocycles. The normalized spacial score (nSPS) is 26.6. The van der Waals surface area contributed by atoms with E-state index < -0.39 is 0 Å². The van der Waals surface area contributed by atoms with Crippen LogP contribution in [0.25, 0.3) is 0 Å². The molecule has 108 valence electrons. The summed E-state index contributed by atoms with van der Waals surface area (Å²) in [6, 6.07) is 0. The number of ether oxygens (including phenoxy) is 1. The fourth-order valence-corrected chi connectivity index (χ4v) is 1.86. The van der Waals surface area contributed by atoms with Gasteiger partial charge in [-0.05, 0) is 26.0 Å². The third kappa shape index (κ3) is 3.98. The molecule has 0 bridgehead atoms. The van der Waals surface area contributed by atoms with Gasteiger partial charge in [0.05, 0.1) is 5.92 Å². The SMILES string of the molecule is C=C/C(C)=C\C=C1/NC(=O)C2C=CC(C)=CC2O1.CC. The third-order valence-electron chi connectivity index (χ3n) is 2.98. The second-order valence-corrected chi connectivity index (χ2v) is 4.51. The van der Waals surface area contributed by atoms with Gasteiger partial charge in [0.2, 0.25) is 5.91 Å². The number of fused-ring (bicyclic) bond motifs is 1. The van der Waals surface area contributed by atoms with Crippen molar-refractivity contribution >= 4 is 5.91 Å². The van der Waals surface area contributed by atoms with Gasteiger partial charge in [0, 0.05) is 0 Å². The predicted molar refractivity (Wildman–Crippen MR) is 82.8 cm³/mol. The smallest absolute Gasteiger partial charge is 0.237 e. The molecule has 2 aliphatic rings. The van der Waals surface area contributed by atoms with Gasteiger partial charge in [0.1, 0.15) is 6.10 Å². The van der Waals surface area contributed by atoms with Gasteiger partial charge < -0.3 is 4.74 Å². The molecule has 2 atom stereocenters. The molecule has 1 N–H and O–H groups in total. The van der Waals surface area contributed by atoms with Gasteiger partial charge in [-0.3, -0.25) is 10.1 Å². The average molecular weight is 273 g/mol. The van der Waals surface area contributed by atoms with Crippen LogP contribution < -0.4 is 5.32 Å². The lowest BCUT2D eigenvalue weighted by Gasteiger charge is -2.31. The van der Waals surface area contributed by atoms with Crippen LogP contribution in [-0.4, -0.2) is 12.0 Å². The molecule has 3 nitrogen and oxygen atoms in total. The number of carbonyl (C=O) groups is 1. The van der Waals surface area contributed by atoms with Gasteiger partial charge in [0.15, 0.2) is 5.88 Å². The van der Waals surface area contributed by atoms with Crippen LogP contribution in [0.3, 0.4) is 0 Å². The van der Waals surface area contributed by atoms with E-state index in [0.29, 0.717) is 5.88 Å². The first-order valence-electron chi connectivity index (χ1n) is 6.95. The van der Waals surface area contributed by atoms with Crippen molar-refractivity contribution in [3.8, 4) is 0 Å². The Morgan fingerprint density at radius 1 is 1.45 bits per heavy atom. The minimum atomic E-state index is -0.227. The van der Waals surface area contributed by atoms with E-state index in [9.17, 15) is 4.79 Å². The molecule has 0 aromatic heterocycles. The Labute approximate surface area is 121 Å². The third-order valence-corrected chi connectivity index (χ3v) is 2.98. The molecule has 0 aromatic rings. The van der Waals surface area contributed by atoms with Crippen molar-refractivity contribution in [1.29, 1.82) is 0 Å². The first-order valence-corrected chi connectivity index (χ1v) is 6.95. The fourth-order valence-electron chi connectivity index (χ4n) is 1.86. The number of hydrogen-bond acceptors (Lipinski definition) is 2. The van der Waals surface area contributed by atoms with Gasteiger partial charge in [-0.2, -0.15) is 0 Å². The van der Waals surface area contributed by atoms with Crippen LogP contribution >= 0.6 is 0 Å². The predicted octanol–water partition coefficient (Wildman–Crippen LogP) is 3.63. The van der Waals surface area contributed by atoms with E-state index >= 15 is 0 Å². The molecule has 3 heteroatoms. The molecule has 0 radical (unpaired) electrons. The Kier molecular flexibility index (Phi) is 6.04. The maximum atomic E-state index is 11.9. The highest BCUT2D eigenvalue weighted by atomic mass is 16.5. The van der Waals surface area contributed by atoms with Gasteiger partial charge in [-0.25, -0.2) is 0 Å². The van der Waals surface area contributed by atoms with E-state index in [2.05, 4.69) is 11.9 Å². The monoisotopic (exact) mass is 273 g/mol. The summed E-state index contributed by atoms with van der Waals surface area (Å²) in [5, 5.41) is 2.75. The van der Waals surface area contributed by atoms with Gasteiger partial charge in [-0.15, -0.1) is 0 Å². The first kappa shape index (κ1) is 16.0. The fraction of sp³-hybridized carbons (Fsp3) is 0.353. The second kappa shape index (κ2) is 7.53. The summed E-state index contributed by atoms with van der Waals surface area (Å²) in [7, 11) is 0. The van der Waals surface area contributed by atoms with E-state index in [4.69, 9.17) is 4.74 Å². The van der Waals surface area contributed by atoms with E-state index in [1.807, 2.05) is 52.0 Å². The lowest BCUT2D eigenvalue weighted by atomic mass is 9.92. The Hall–Kier alpha value is -2.03. The summed E-state index contributed by atoms with van der Waals surface area (Å²) >= 11 is 0. The summed E-state index contributed by atoms with van der Waals surface area (Å²) in [6.45, 7) is 11.6. The highest BCUT2D eigenvalue weighted by Crippen LogP contribution is 2.25. The number of carbonyl (C=O) groups excluding carboxylic acids is 1.